The number of nitrogens with zero attached hydrogens (tertiary/aromatic N) is 3. The Bertz CT molecular complexity index is 1210. The molecule has 0 bridgehead atoms. The van der Waals surface area contributed by atoms with E-state index in [1.54, 1.807) is 17.4 Å². The molecule has 0 radical (unpaired) electrons. The molecule has 4 rings (SSSR count). The Morgan fingerprint density at radius 2 is 2.08 bits per heavy atom. The maximum absolute atomic E-state index is 13.6. The minimum absolute atomic E-state index is 0.0874. The zero-order valence-electron chi connectivity index (χ0n) is 21.0. The first-order valence-electron chi connectivity index (χ1n) is 12.2. The second-order valence-corrected chi connectivity index (χ2v) is 11.1. The van der Waals surface area contributed by atoms with Crippen LogP contribution in [0.1, 0.15) is 43.2 Å². The van der Waals surface area contributed by atoms with E-state index >= 15 is 0 Å². The summed E-state index contributed by atoms with van der Waals surface area (Å²) in [7, 11) is 0. The fourth-order valence-electron chi connectivity index (χ4n) is 4.51. The smallest absolute Gasteiger partial charge is 0.254 e. The van der Waals surface area contributed by atoms with E-state index in [-0.39, 0.29) is 30.7 Å². The Morgan fingerprint density at radius 3 is 2.73 bits per heavy atom. The molecular weight excluding hydrogens is 560 g/mol. The molecule has 1 unspecified atom stereocenters. The Labute approximate surface area is 228 Å². The number of nitrogens with one attached hydrogen (secondary N) is 1. The van der Waals surface area contributed by atoms with Gasteiger partial charge in [0.15, 0.2) is 5.76 Å². The second kappa shape index (κ2) is 12.2. The molecule has 1 aliphatic heterocycles. The van der Waals surface area contributed by atoms with Crippen LogP contribution in [0.15, 0.2) is 40.4 Å². The lowest BCUT2D eigenvalue weighted by molar-refractivity contribution is -0.141. The fourth-order valence-corrected chi connectivity index (χ4v) is 5.48. The van der Waals surface area contributed by atoms with Crippen molar-refractivity contribution in [2.45, 2.75) is 51.8 Å². The van der Waals surface area contributed by atoms with Gasteiger partial charge in [0.25, 0.3) is 5.88 Å². The van der Waals surface area contributed by atoms with Crippen molar-refractivity contribution in [3.63, 3.8) is 0 Å². The lowest BCUT2D eigenvalue weighted by atomic mass is 9.91. The summed E-state index contributed by atoms with van der Waals surface area (Å²) in [5, 5.41) is 17.8. The van der Waals surface area contributed by atoms with Gasteiger partial charge in [0.1, 0.15) is 12.0 Å². The maximum atomic E-state index is 13.6. The van der Waals surface area contributed by atoms with Crippen molar-refractivity contribution in [3.8, 4) is 16.3 Å². The molecule has 198 valence electrons. The van der Waals surface area contributed by atoms with Crippen molar-refractivity contribution < 1.29 is 24.0 Å². The van der Waals surface area contributed by atoms with Crippen LogP contribution < -0.4 is 10.1 Å². The highest BCUT2D eigenvalue weighted by Crippen LogP contribution is 2.32. The molecule has 9 nitrogen and oxygen atoms in total. The molecule has 0 aliphatic carbocycles. The third kappa shape index (κ3) is 6.39. The van der Waals surface area contributed by atoms with Crippen molar-refractivity contribution in [3.05, 3.63) is 52.9 Å². The van der Waals surface area contributed by atoms with Gasteiger partial charge in [-0.05, 0) is 29.1 Å². The van der Waals surface area contributed by atoms with Crippen molar-refractivity contribution in [1.82, 2.24) is 20.4 Å². The van der Waals surface area contributed by atoms with E-state index in [9.17, 15) is 14.7 Å². The van der Waals surface area contributed by atoms with Crippen LogP contribution in [0.4, 0.5) is 0 Å². The van der Waals surface area contributed by atoms with Gasteiger partial charge in [-0.2, -0.15) is 0 Å². The molecular formula is C26H31BrN4O5S. The molecule has 11 heteroatoms. The summed E-state index contributed by atoms with van der Waals surface area (Å²) >= 11 is 4.89. The van der Waals surface area contributed by atoms with E-state index in [0.717, 1.165) is 21.7 Å². The van der Waals surface area contributed by atoms with Gasteiger partial charge < -0.3 is 24.6 Å². The van der Waals surface area contributed by atoms with E-state index in [0.29, 0.717) is 30.1 Å². The minimum Gasteiger partial charge on any atom is -0.475 e. The zero-order chi connectivity index (χ0) is 26.5. The monoisotopic (exact) mass is 590 g/mol. The molecule has 0 spiro atoms. The number of halogens is 1. The van der Waals surface area contributed by atoms with Crippen molar-refractivity contribution in [1.29, 1.82) is 0 Å². The number of amides is 2. The normalized spacial score (nSPS) is 18.3. The summed E-state index contributed by atoms with van der Waals surface area (Å²) in [5.41, 5.74) is 4.83. The zero-order valence-corrected chi connectivity index (χ0v) is 23.4. The molecule has 2 N–H and O–H groups in total. The summed E-state index contributed by atoms with van der Waals surface area (Å²) in [5.74, 6) is -0.668. The molecule has 3 atom stereocenters. The number of thiazole rings is 1. The van der Waals surface area contributed by atoms with Gasteiger partial charge >= 0.3 is 0 Å². The van der Waals surface area contributed by atoms with E-state index in [1.165, 1.54) is 4.90 Å². The number of hydrogen-bond donors (Lipinski definition) is 2. The number of hydrogen-bond acceptors (Lipinski definition) is 8. The van der Waals surface area contributed by atoms with Gasteiger partial charge in [0.2, 0.25) is 11.8 Å². The summed E-state index contributed by atoms with van der Waals surface area (Å²) < 4.78 is 10.9. The molecule has 1 saturated heterocycles. The van der Waals surface area contributed by atoms with E-state index < -0.39 is 18.1 Å². The van der Waals surface area contributed by atoms with Crippen LogP contribution in [0.3, 0.4) is 0 Å². The summed E-state index contributed by atoms with van der Waals surface area (Å²) in [6.45, 7) is 6.61. The van der Waals surface area contributed by atoms with Gasteiger partial charge in [-0.15, -0.1) is 11.3 Å². The first kappa shape index (κ1) is 27.3. The quantitative estimate of drug-likeness (QED) is 0.344. The van der Waals surface area contributed by atoms with Crippen molar-refractivity contribution >= 4 is 39.1 Å². The van der Waals surface area contributed by atoms with E-state index in [4.69, 9.17) is 9.26 Å². The molecule has 1 fully saturated rings. The van der Waals surface area contributed by atoms with Gasteiger partial charge in [-0.25, -0.2) is 4.98 Å². The van der Waals surface area contributed by atoms with Crippen LogP contribution >= 0.6 is 27.3 Å². The Balaban J connectivity index is 1.42. The number of carbonyl (C=O) groups excluding carboxylic acids is 2. The highest BCUT2D eigenvalue weighted by molar-refractivity contribution is 9.09. The van der Waals surface area contributed by atoms with Crippen LogP contribution in [0, 0.1) is 12.8 Å². The summed E-state index contributed by atoms with van der Waals surface area (Å²) in [4.78, 5) is 33.6. The number of aliphatic hydroxyl groups excluding tert-OH is 1. The number of alkyl halides is 1. The van der Waals surface area contributed by atoms with Gasteiger partial charge in [-0.3, -0.25) is 9.59 Å². The molecule has 37 heavy (non-hydrogen) atoms. The van der Waals surface area contributed by atoms with E-state index in [2.05, 4.69) is 31.4 Å². The predicted molar refractivity (Wildman–Crippen MR) is 144 cm³/mol. The number of aliphatic hydroxyl groups is 1. The van der Waals surface area contributed by atoms with Crippen LogP contribution in [-0.4, -0.2) is 62.6 Å². The van der Waals surface area contributed by atoms with Crippen LogP contribution in [-0.2, 0) is 16.1 Å². The fraction of sp³-hybridized carbons (Fsp3) is 0.462. The lowest BCUT2D eigenvalue weighted by Gasteiger charge is -2.28. The molecule has 3 aromatic rings. The summed E-state index contributed by atoms with van der Waals surface area (Å²) in [6, 6.07) is 8.80. The van der Waals surface area contributed by atoms with Crippen LogP contribution in [0.2, 0.25) is 0 Å². The number of likely N-dealkylation sites (tertiary alicyclic amines) is 1. The molecule has 2 aromatic heterocycles. The molecule has 0 saturated carbocycles. The number of benzene rings is 1. The number of rotatable bonds is 10. The Hall–Kier alpha value is -2.76. The number of aryl methyl sites for hydroxylation is 1. The maximum Gasteiger partial charge on any atom is 0.254 e. The minimum atomic E-state index is -0.776. The molecule has 1 aromatic carbocycles. The first-order valence-corrected chi connectivity index (χ1v) is 14.2. The van der Waals surface area contributed by atoms with Gasteiger partial charge in [0.05, 0.1) is 28.8 Å². The third-order valence-electron chi connectivity index (χ3n) is 6.37. The standard InChI is InChI=1S/C26H31BrN4O5S/c1-15(2)23(21-11-22(30-36-21)35-9-8-27)26(34)31-13-19(32)10-20(31)25(33)28-12-17-4-6-18(7-5-17)24-16(3)29-14-37-24/h4-7,11,14-15,19-20,23,32H,8-10,12-13H2,1-3H3,(H,28,33)/t19-,20+,23?/m1/s1. The topological polar surface area (TPSA) is 118 Å². The van der Waals surface area contributed by atoms with Gasteiger partial charge in [0, 0.05) is 30.9 Å². The molecule has 3 heterocycles. The highest BCUT2D eigenvalue weighted by Gasteiger charge is 2.43. The molecule has 2 amide bonds. The van der Waals surface area contributed by atoms with Gasteiger partial charge in [-0.1, -0.05) is 54.0 Å². The number of aromatic nitrogens is 2. The summed E-state index contributed by atoms with van der Waals surface area (Å²) in [6.07, 6.45) is -0.593. The Morgan fingerprint density at radius 1 is 1.32 bits per heavy atom. The number of β-amino-alcohol motifs (C(OH)–C–C–N with tert-alkyl or cyclic N) is 1. The Kier molecular flexibility index (Phi) is 8.99. The lowest BCUT2D eigenvalue weighted by Crippen LogP contribution is -2.48. The van der Waals surface area contributed by atoms with Crippen LogP contribution in [0.5, 0.6) is 5.88 Å². The first-order chi connectivity index (χ1) is 17.8. The van der Waals surface area contributed by atoms with E-state index in [1.807, 2.05) is 50.5 Å². The SMILES string of the molecule is Cc1ncsc1-c1ccc(CNC(=O)[C@@H]2C[C@@H](O)CN2C(=O)C(c2cc(OCCBr)no2)C(C)C)cc1. The third-order valence-corrected chi connectivity index (χ3v) is 7.67. The average Bonchev–Trinajstić information content (AvgIpc) is 3.61. The molecule has 1 aliphatic rings. The van der Waals surface area contributed by atoms with Crippen molar-refractivity contribution in [2.24, 2.45) is 5.92 Å². The van der Waals surface area contributed by atoms with Crippen LogP contribution in [0.25, 0.3) is 10.4 Å². The largest absolute Gasteiger partial charge is 0.475 e. The predicted octanol–water partition coefficient (Wildman–Crippen LogP) is 3.90. The number of carbonyl (C=O) groups is 2. The van der Waals surface area contributed by atoms with Crippen molar-refractivity contribution in [2.75, 3.05) is 18.5 Å². The highest BCUT2D eigenvalue weighted by atomic mass is 79.9. The average molecular weight is 592 g/mol. The second-order valence-electron chi connectivity index (χ2n) is 9.40. The number of ether oxygens (including phenoxy) is 1.